The first kappa shape index (κ1) is 7.79. The first-order valence-corrected chi connectivity index (χ1v) is 3.68. The van der Waals surface area contributed by atoms with Gasteiger partial charge in [0.25, 0.3) is 5.91 Å². The van der Waals surface area contributed by atoms with Crippen molar-refractivity contribution in [3.8, 4) is 0 Å². The summed E-state index contributed by atoms with van der Waals surface area (Å²) in [7, 11) is 0. The highest BCUT2D eigenvalue weighted by atomic mass is 19.1. The molecule has 1 aliphatic rings. The van der Waals surface area contributed by atoms with Gasteiger partial charge in [-0.25, -0.2) is 4.39 Å². The molecule has 0 radical (unpaired) electrons. The molecule has 0 bridgehead atoms. The number of amides is 1. The van der Waals surface area contributed by atoms with Crippen molar-refractivity contribution in [1.29, 1.82) is 0 Å². The van der Waals surface area contributed by atoms with E-state index in [0.717, 1.165) is 0 Å². The normalized spacial score (nSPS) is 14.8. The van der Waals surface area contributed by atoms with Crippen molar-refractivity contribution in [1.82, 2.24) is 0 Å². The summed E-state index contributed by atoms with van der Waals surface area (Å²) in [6, 6.07) is 5.78. The molecule has 0 fully saturated rings. The Morgan fingerprint density at radius 2 is 2.15 bits per heavy atom. The van der Waals surface area contributed by atoms with Gasteiger partial charge in [0.05, 0.1) is 11.8 Å². The van der Waals surface area contributed by atoms with Crippen LogP contribution >= 0.6 is 0 Å². The fourth-order valence-electron chi connectivity index (χ4n) is 1.10. The minimum absolute atomic E-state index is 0.333. The quantitative estimate of drug-likeness (QED) is 0.646. The van der Waals surface area contributed by atoms with Crippen molar-refractivity contribution < 1.29 is 9.18 Å². The molecule has 1 aromatic carbocycles. The average molecular weight is 176 g/mol. The number of azo groups is 1. The topological polar surface area (TPSA) is 41.8 Å². The van der Waals surface area contributed by atoms with Crippen LogP contribution in [0.1, 0.15) is 5.56 Å². The number of benzene rings is 1. The number of hydrogen-bond donors (Lipinski definition) is 0. The fourth-order valence-corrected chi connectivity index (χ4v) is 1.10. The third kappa shape index (κ3) is 1.38. The minimum atomic E-state index is -0.425. The molecule has 0 unspecified atom stereocenters. The first-order chi connectivity index (χ1) is 6.27. The van der Waals surface area contributed by atoms with Crippen LogP contribution in [0.15, 0.2) is 40.7 Å². The van der Waals surface area contributed by atoms with Crippen LogP contribution in [0.3, 0.4) is 0 Å². The Hall–Kier alpha value is -1.84. The second kappa shape index (κ2) is 2.90. The molecule has 0 saturated heterocycles. The number of carbonyl (C=O) groups is 1. The highest BCUT2D eigenvalue weighted by Crippen LogP contribution is 2.20. The fraction of sp³-hybridized carbons (Fsp3) is 0. The molecule has 13 heavy (non-hydrogen) atoms. The summed E-state index contributed by atoms with van der Waals surface area (Å²) in [5, 5.41) is 6.74. The van der Waals surface area contributed by atoms with Gasteiger partial charge in [-0.1, -0.05) is 12.1 Å². The molecule has 0 spiro atoms. The summed E-state index contributed by atoms with van der Waals surface area (Å²) < 4.78 is 12.7. The number of nitrogens with zero attached hydrogens (tertiary/aromatic N) is 2. The van der Waals surface area contributed by atoms with E-state index in [1.165, 1.54) is 24.4 Å². The molecule has 1 amide bonds. The number of carbonyl (C=O) groups excluding carboxylic acids is 1. The number of rotatable bonds is 1. The Morgan fingerprint density at radius 3 is 2.77 bits per heavy atom. The van der Waals surface area contributed by atoms with Crippen LogP contribution in [-0.2, 0) is 4.79 Å². The number of halogens is 1. The molecular weight excluding hydrogens is 171 g/mol. The van der Waals surface area contributed by atoms with E-state index in [2.05, 4.69) is 10.2 Å². The highest BCUT2D eigenvalue weighted by Gasteiger charge is 2.15. The summed E-state index contributed by atoms with van der Waals surface area (Å²) in [6.45, 7) is 0. The molecule has 64 valence electrons. The lowest BCUT2D eigenvalue weighted by Gasteiger charge is -1.97. The lowest BCUT2D eigenvalue weighted by Crippen LogP contribution is -1.93. The third-order valence-corrected chi connectivity index (χ3v) is 1.70. The van der Waals surface area contributed by atoms with Crippen LogP contribution in [0, 0.1) is 5.82 Å². The molecule has 0 atom stereocenters. The third-order valence-electron chi connectivity index (χ3n) is 1.70. The molecule has 0 aliphatic carbocycles. The standard InChI is InChI=1S/C9H5FN2O/c10-7-3-1-2-6(4-7)8-5-11-12-9(8)13/h1-5H. The van der Waals surface area contributed by atoms with Gasteiger partial charge in [-0.2, -0.15) is 5.11 Å². The van der Waals surface area contributed by atoms with Crippen molar-refractivity contribution in [2.24, 2.45) is 10.2 Å². The van der Waals surface area contributed by atoms with Gasteiger partial charge in [-0.05, 0) is 17.7 Å². The zero-order chi connectivity index (χ0) is 9.26. The SMILES string of the molecule is O=C1N=NC=C1c1cccc(F)c1. The van der Waals surface area contributed by atoms with E-state index in [1.54, 1.807) is 6.07 Å². The van der Waals surface area contributed by atoms with E-state index in [4.69, 9.17) is 0 Å². The van der Waals surface area contributed by atoms with Crippen LogP contribution < -0.4 is 0 Å². The van der Waals surface area contributed by atoms with Crippen LogP contribution in [0.2, 0.25) is 0 Å². The van der Waals surface area contributed by atoms with E-state index < -0.39 is 5.91 Å². The Labute approximate surface area is 73.6 Å². The van der Waals surface area contributed by atoms with Crippen molar-refractivity contribution in [2.45, 2.75) is 0 Å². The van der Waals surface area contributed by atoms with E-state index in [9.17, 15) is 9.18 Å². The predicted octanol–water partition coefficient (Wildman–Crippen LogP) is 2.16. The molecule has 4 heteroatoms. The van der Waals surface area contributed by atoms with E-state index in [0.29, 0.717) is 11.1 Å². The van der Waals surface area contributed by atoms with Crippen molar-refractivity contribution in [3.05, 3.63) is 41.8 Å². The van der Waals surface area contributed by atoms with Gasteiger partial charge in [0.1, 0.15) is 5.82 Å². The Morgan fingerprint density at radius 1 is 1.31 bits per heavy atom. The molecule has 0 aromatic heterocycles. The number of hydrogen-bond acceptors (Lipinski definition) is 2. The monoisotopic (exact) mass is 176 g/mol. The van der Waals surface area contributed by atoms with Gasteiger partial charge in [-0.3, -0.25) is 4.79 Å². The second-order valence-electron chi connectivity index (χ2n) is 2.57. The maximum absolute atomic E-state index is 12.7. The maximum Gasteiger partial charge on any atom is 0.297 e. The van der Waals surface area contributed by atoms with Gasteiger partial charge in [0, 0.05) is 0 Å². The second-order valence-corrected chi connectivity index (χ2v) is 2.57. The maximum atomic E-state index is 12.7. The molecule has 2 rings (SSSR count). The summed E-state index contributed by atoms with van der Waals surface area (Å²) in [4.78, 5) is 11.0. The smallest absolute Gasteiger partial charge is 0.265 e. The largest absolute Gasteiger partial charge is 0.297 e. The molecule has 3 nitrogen and oxygen atoms in total. The van der Waals surface area contributed by atoms with E-state index in [-0.39, 0.29) is 5.82 Å². The Balaban J connectivity index is 2.42. The summed E-state index contributed by atoms with van der Waals surface area (Å²) in [5.41, 5.74) is 0.842. The van der Waals surface area contributed by atoms with Crippen LogP contribution in [0.4, 0.5) is 4.39 Å². The summed E-state index contributed by atoms with van der Waals surface area (Å²) in [6.07, 6.45) is 1.33. The van der Waals surface area contributed by atoms with Crippen LogP contribution in [-0.4, -0.2) is 5.91 Å². The zero-order valence-corrected chi connectivity index (χ0v) is 6.57. The summed E-state index contributed by atoms with van der Waals surface area (Å²) in [5.74, 6) is -0.802. The van der Waals surface area contributed by atoms with E-state index in [1.807, 2.05) is 0 Å². The average Bonchev–Trinajstić information content (AvgIpc) is 2.51. The minimum Gasteiger partial charge on any atom is -0.265 e. The zero-order valence-electron chi connectivity index (χ0n) is 6.57. The van der Waals surface area contributed by atoms with Gasteiger partial charge in [-0.15, -0.1) is 5.11 Å². The van der Waals surface area contributed by atoms with Crippen molar-refractivity contribution in [3.63, 3.8) is 0 Å². The van der Waals surface area contributed by atoms with Gasteiger partial charge < -0.3 is 0 Å². The van der Waals surface area contributed by atoms with Crippen molar-refractivity contribution in [2.75, 3.05) is 0 Å². The van der Waals surface area contributed by atoms with E-state index >= 15 is 0 Å². The molecule has 0 saturated carbocycles. The predicted molar refractivity (Wildman–Crippen MR) is 44.2 cm³/mol. The molecule has 1 aromatic rings. The molecular formula is C9H5FN2O. The molecule has 1 aliphatic heterocycles. The van der Waals surface area contributed by atoms with Gasteiger partial charge >= 0.3 is 0 Å². The van der Waals surface area contributed by atoms with Crippen LogP contribution in [0.25, 0.3) is 5.57 Å². The molecule has 1 heterocycles. The van der Waals surface area contributed by atoms with Gasteiger partial charge in [0.2, 0.25) is 0 Å². The Bertz CT molecular complexity index is 423. The first-order valence-electron chi connectivity index (χ1n) is 3.68. The highest BCUT2D eigenvalue weighted by molar-refractivity contribution is 6.20. The summed E-state index contributed by atoms with van der Waals surface area (Å²) >= 11 is 0. The van der Waals surface area contributed by atoms with Crippen molar-refractivity contribution >= 4 is 11.5 Å². The Kier molecular flexibility index (Phi) is 1.73. The lowest BCUT2D eigenvalue weighted by atomic mass is 10.1. The van der Waals surface area contributed by atoms with Gasteiger partial charge in [0.15, 0.2) is 0 Å². The lowest BCUT2D eigenvalue weighted by molar-refractivity contribution is -0.112. The molecule has 0 N–H and O–H groups in total. The van der Waals surface area contributed by atoms with Crippen LogP contribution in [0.5, 0.6) is 0 Å².